The molecule has 3 rings (SSSR count). The lowest BCUT2D eigenvalue weighted by Gasteiger charge is -2.31. The van der Waals surface area contributed by atoms with E-state index in [1.807, 2.05) is 18.7 Å². The first kappa shape index (κ1) is 21.6. The second kappa shape index (κ2) is 8.73. The highest BCUT2D eigenvalue weighted by molar-refractivity contribution is 6.41. The third-order valence-corrected chi connectivity index (χ3v) is 4.87. The molecule has 0 saturated carbocycles. The first-order chi connectivity index (χ1) is 14.3. The summed E-state index contributed by atoms with van der Waals surface area (Å²) in [4.78, 5) is 29.1. The number of carbonyl (C=O) groups is 2. The Morgan fingerprint density at radius 1 is 0.867 bits per heavy atom. The molecule has 0 saturated heterocycles. The van der Waals surface area contributed by atoms with Crippen molar-refractivity contribution in [1.82, 2.24) is 4.90 Å². The largest absolute Gasteiger partial charge is 0.418 e. The molecule has 0 bridgehead atoms. The molecule has 0 fully saturated rings. The summed E-state index contributed by atoms with van der Waals surface area (Å²) in [5, 5.41) is 0. The summed E-state index contributed by atoms with van der Waals surface area (Å²) in [6.07, 6.45) is -1.34. The van der Waals surface area contributed by atoms with Crippen LogP contribution in [0.15, 0.2) is 54.7 Å². The summed E-state index contributed by atoms with van der Waals surface area (Å²) in [7, 11) is 0. The van der Waals surface area contributed by atoms with Crippen LogP contribution in [0, 0.1) is 0 Å². The van der Waals surface area contributed by atoms with Crippen LogP contribution in [0.2, 0.25) is 0 Å². The van der Waals surface area contributed by atoms with Crippen LogP contribution in [0.25, 0.3) is 5.57 Å². The van der Waals surface area contributed by atoms with Crippen LogP contribution in [0.5, 0.6) is 0 Å². The van der Waals surface area contributed by atoms with E-state index >= 15 is 0 Å². The maximum Gasteiger partial charge on any atom is 0.418 e. The maximum atomic E-state index is 13.6. The third kappa shape index (κ3) is 4.10. The zero-order chi connectivity index (χ0) is 21.9. The van der Waals surface area contributed by atoms with Crippen LogP contribution in [-0.2, 0) is 11.0 Å². The Bertz CT molecular complexity index is 976. The number of hydrogen-bond acceptors (Lipinski definition) is 3. The van der Waals surface area contributed by atoms with Gasteiger partial charge in [-0.15, -0.1) is 0 Å². The van der Waals surface area contributed by atoms with Gasteiger partial charge < -0.3 is 4.90 Å². The van der Waals surface area contributed by atoms with Crippen molar-refractivity contribution < 1.29 is 22.8 Å². The van der Waals surface area contributed by atoms with Crippen molar-refractivity contribution in [2.24, 2.45) is 0 Å². The van der Waals surface area contributed by atoms with Crippen molar-refractivity contribution in [2.75, 3.05) is 18.0 Å². The Morgan fingerprint density at radius 2 is 1.43 bits per heavy atom. The summed E-state index contributed by atoms with van der Waals surface area (Å²) in [6.45, 7) is 5.40. The summed E-state index contributed by atoms with van der Waals surface area (Å²) in [5.74, 6) is -1.52. The highest BCUT2D eigenvalue weighted by atomic mass is 19.4. The first-order valence-corrected chi connectivity index (χ1v) is 9.89. The highest BCUT2D eigenvalue weighted by Crippen LogP contribution is 2.40. The SMILES string of the molecule is CCCN(C=C1C(=O)N(c2ccccc2C(F)(F)F)C(=O)c2ccccc21)CCC. The Labute approximate surface area is 173 Å². The summed E-state index contributed by atoms with van der Waals surface area (Å²) in [6, 6.07) is 11.2. The molecular weight excluding hydrogens is 393 g/mol. The lowest BCUT2D eigenvalue weighted by atomic mass is 9.93. The maximum absolute atomic E-state index is 13.6. The monoisotopic (exact) mass is 416 g/mol. The van der Waals surface area contributed by atoms with E-state index in [2.05, 4.69) is 0 Å². The molecule has 2 amide bonds. The lowest BCUT2D eigenvalue weighted by Crippen LogP contribution is -2.43. The number of benzene rings is 2. The van der Waals surface area contributed by atoms with Crippen LogP contribution < -0.4 is 4.90 Å². The molecule has 0 spiro atoms. The molecular formula is C23H23F3N2O2. The van der Waals surface area contributed by atoms with Gasteiger partial charge in [-0.05, 0) is 31.0 Å². The second-order valence-corrected chi connectivity index (χ2v) is 7.08. The topological polar surface area (TPSA) is 40.6 Å². The molecule has 1 aliphatic rings. The van der Waals surface area contributed by atoms with Gasteiger partial charge >= 0.3 is 6.18 Å². The summed E-state index contributed by atoms with van der Waals surface area (Å²) < 4.78 is 40.8. The van der Waals surface area contributed by atoms with Crippen molar-refractivity contribution in [2.45, 2.75) is 32.9 Å². The van der Waals surface area contributed by atoms with Gasteiger partial charge in [0.15, 0.2) is 0 Å². The van der Waals surface area contributed by atoms with Gasteiger partial charge in [-0.2, -0.15) is 13.2 Å². The molecule has 2 aromatic carbocycles. The van der Waals surface area contributed by atoms with Crippen LogP contribution in [0.3, 0.4) is 0 Å². The number of rotatable bonds is 6. The molecule has 30 heavy (non-hydrogen) atoms. The van der Waals surface area contributed by atoms with Gasteiger partial charge in [-0.25, -0.2) is 4.90 Å². The van der Waals surface area contributed by atoms with Crippen LogP contribution in [0.4, 0.5) is 18.9 Å². The fraction of sp³-hybridized carbons (Fsp3) is 0.304. The Balaban J connectivity index is 2.20. The van der Waals surface area contributed by atoms with Crippen LogP contribution in [-0.4, -0.2) is 29.8 Å². The third-order valence-electron chi connectivity index (χ3n) is 4.87. The quantitative estimate of drug-likeness (QED) is 0.471. The molecule has 0 aliphatic carbocycles. The normalized spacial score (nSPS) is 15.5. The van der Waals surface area contributed by atoms with E-state index in [1.165, 1.54) is 18.2 Å². The predicted molar refractivity (Wildman–Crippen MR) is 110 cm³/mol. The van der Waals surface area contributed by atoms with E-state index in [4.69, 9.17) is 0 Å². The average molecular weight is 416 g/mol. The summed E-state index contributed by atoms with van der Waals surface area (Å²) >= 11 is 0. The minimum atomic E-state index is -4.70. The van der Waals surface area contributed by atoms with E-state index in [9.17, 15) is 22.8 Å². The molecule has 0 N–H and O–H groups in total. The Hall–Kier alpha value is -3.09. The van der Waals surface area contributed by atoms with Crippen molar-refractivity contribution >= 4 is 23.1 Å². The smallest absolute Gasteiger partial charge is 0.377 e. The number of carbonyl (C=O) groups excluding carboxylic acids is 2. The number of imide groups is 1. The molecule has 0 unspecified atom stereocenters. The zero-order valence-electron chi connectivity index (χ0n) is 16.9. The number of anilines is 1. The van der Waals surface area contributed by atoms with Crippen molar-refractivity contribution in [1.29, 1.82) is 0 Å². The molecule has 0 atom stereocenters. The minimum Gasteiger partial charge on any atom is -0.377 e. The minimum absolute atomic E-state index is 0.202. The predicted octanol–water partition coefficient (Wildman–Crippen LogP) is 5.36. The van der Waals surface area contributed by atoms with E-state index in [1.54, 1.807) is 24.4 Å². The molecule has 7 heteroatoms. The fourth-order valence-electron chi connectivity index (χ4n) is 3.60. The highest BCUT2D eigenvalue weighted by Gasteiger charge is 2.41. The molecule has 0 radical (unpaired) electrons. The van der Waals surface area contributed by atoms with E-state index in [0.29, 0.717) is 23.6 Å². The van der Waals surface area contributed by atoms with Gasteiger partial charge in [-0.1, -0.05) is 44.2 Å². The molecule has 2 aromatic rings. The van der Waals surface area contributed by atoms with Crippen LogP contribution >= 0.6 is 0 Å². The number of para-hydroxylation sites is 1. The molecule has 4 nitrogen and oxygen atoms in total. The number of nitrogens with zero attached hydrogens (tertiary/aromatic N) is 2. The summed E-state index contributed by atoms with van der Waals surface area (Å²) in [5.41, 5.74) is -0.634. The molecule has 158 valence electrons. The number of alkyl halides is 3. The second-order valence-electron chi connectivity index (χ2n) is 7.08. The van der Waals surface area contributed by atoms with E-state index in [-0.39, 0.29) is 11.1 Å². The fourth-order valence-corrected chi connectivity index (χ4v) is 3.60. The van der Waals surface area contributed by atoms with Gasteiger partial charge in [0.25, 0.3) is 11.8 Å². The van der Waals surface area contributed by atoms with Crippen LogP contribution in [0.1, 0.15) is 48.2 Å². The number of halogens is 3. The van der Waals surface area contributed by atoms with Gasteiger partial charge in [0, 0.05) is 30.4 Å². The van der Waals surface area contributed by atoms with Crippen molar-refractivity contribution in [3.63, 3.8) is 0 Å². The zero-order valence-corrected chi connectivity index (χ0v) is 16.9. The number of amides is 2. The van der Waals surface area contributed by atoms with Crippen molar-refractivity contribution in [3.05, 3.63) is 71.4 Å². The number of fused-ring (bicyclic) bond motifs is 1. The average Bonchev–Trinajstić information content (AvgIpc) is 2.71. The van der Waals surface area contributed by atoms with Gasteiger partial charge in [-0.3, -0.25) is 9.59 Å². The van der Waals surface area contributed by atoms with Gasteiger partial charge in [0.05, 0.1) is 16.8 Å². The van der Waals surface area contributed by atoms with Gasteiger partial charge in [0.1, 0.15) is 0 Å². The molecule has 0 aromatic heterocycles. The lowest BCUT2D eigenvalue weighted by molar-refractivity contribution is -0.137. The number of hydrogen-bond donors (Lipinski definition) is 0. The Kier molecular flexibility index (Phi) is 6.29. The molecule has 1 heterocycles. The molecule has 1 aliphatic heterocycles. The van der Waals surface area contributed by atoms with E-state index < -0.39 is 29.2 Å². The van der Waals surface area contributed by atoms with Gasteiger partial charge in [0.2, 0.25) is 0 Å². The van der Waals surface area contributed by atoms with Crippen molar-refractivity contribution in [3.8, 4) is 0 Å². The first-order valence-electron chi connectivity index (χ1n) is 9.89. The Morgan fingerprint density at radius 3 is 2.03 bits per heavy atom. The standard InChI is InChI=1S/C23H23F3N2O2/c1-3-13-27(14-4-2)15-18-16-9-5-6-10-17(16)21(29)28(22(18)30)20-12-8-7-11-19(20)23(24,25)26/h5-12,15H,3-4,13-14H2,1-2H3. The van der Waals surface area contributed by atoms with E-state index in [0.717, 1.165) is 25.0 Å².